The molecule has 0 saturated heterocycles. The smallest absolute Gasteiger partial charge is 0.139 e. The maximum absolute atomic E-state index is 13.1. The van der Waals surface area contributed by atoms with Crippen molar-refractivity contribution >= 4 is 27.4 Å². The highest BCUT2D eigenvalue weighted by Gasteiger charge is 2.20. The fraction of sp³-hybridized carbons (Fsp3) is 0.250. The molecule has 0 spiro atoms. The Bertz CT molecular complexity index is 799. The summed E-state index contributed by atoms with van der Waals surface area (Å²) in [7, 11) is 0. The summed E-state index contributed by atoms with van der Waals surface area (Å²) in [4.78, 5) is 9.46. The first-order valence-corrected chi connectivity index (χ1v) is 7.75. The first-order valence-electron chi connectivity index (χ1n) is 6.87. The number of hydrogen-bond donors (Lipinski definition) is 2. The Morgan fingerprint density at radius 3 is 2.64 bits per heavy atom. The lowest BCUT2D eigenvalue weighted by atomic mass is 10.0. The van der Waals surface area contributed by atoms with Crippen LogP contribution in [0.3, 0.4) is 0 Å². The minimum absolute atomic E-state index is 0.0193. The predicted molar refractivity (Wildman–Crippen MR) is 87.6 cm³/mol. The summed E-state index contributed by atoms with van der Waals surface area (Å²) in [5.41, 5.74) is 1.37. The number of anilines is 1. The molecule has 0 amide bonds. The standard InChI is InChI=1S/C16H16FN3OS/c1-16(2,8-21)20-14-13-12(7-22-15(13)19-9-18-14)10-3-5-11(17)6-4-10/h3-7,9,21H,8H2,1-2H3,(H,18,19,20). The van der Waals surface area contributed by atoms with Gasteiger partial charge in [0.15, 0.2) is 0 Å². The molecule has 0 saturated carbocycles. The second-order valence-corrected chi connectivity index (χ2v) is 6.58. The van der Waals surface area contributed by atoms with Gasteiger partial charge in [0.05, 0.1) is 17.5 Å². The molecule has 0 unspecified atom stereocenters. The molecule has 2 aromatic heterocycles. The fourth-order valence-corrected chi connectivity index (χ4v) is 3.09. The molecule has 0 aliphatic rings. The molecule has 22 heavy (non-hydrogen) atoms. The van der Waals surface area contributed by atoms with Crippen molar-refractivity contribution in [1.82, 2.24) is 9.97 Å². The number of hydrogen-bond acceptors (Lipinski definition) is 5. The zero-order valence-corrected chi connectivity index (χ0v) is 13.1. The normalized spacial score (nSPS) is 11.8. The van der Waals surface area contributed by atoms with E-state index in [9.17, 15) is 9.50 Å². The summed E-state index contributed by atoms with van der Waals surface area (Å²) in [6, 6.07) is 6.36. The molecule has 0 aliphatic carbocycles. The summed E-state index contributed by atoms with van der Waals surface area (Å²) >= 11 is 1.51. The van der Waals surface area contributed by atoms with Crippen LogP contribution in [0.25, 0.3) is 21.3 Å². The number of aliphatic hydroxyl groups excluding tert-OH is 1. The van der Waals surface area contributed by atoms with E-state index in [2.05, 4.69) is 15.3 Å². The Morgan fingerprint density at radius 2 is 1.95 bits per heavy atom. The highest BCUT2D eigenvalue weighted by molar-refractivity contribution is 7.17. The van der Waals surface area contributed by atoms with Crippen LogP contribution in [0.1, 0.15) is 13.8 Å². The largest absolute Gasteiger partial charge is 0.394 e. The van der Waals surface area contributed by atoms with Crippen LogP contribution < -0.4 is 5.32 Å². The summed E-state index contributed by atoms with van der Waals surface area (Å²) in [5.74, 6) is 0.406. The van der Waals surface area contributed by atoms with Crippen molar-refractivity contribution in [3.8, 4) is 11.1 Å². The van der Waals surface area contributed by atoms with Crippen molar-refractivity contribution in [2.24, 2.45) is 0 Å². The van der Waals surface area contributed by atoms with Crippen molar-refractivity contribution in [2.45, 2.75) is 19.4 Å². The highest BCUT2D eigenvalue weighted by atomic mass is 32.1. The van der Waals surface area contributed by atoms with Gasteiger partial charge in [-0.25, -0.2) is 14.4 Å². The third kappa shape index (κ3) is 2.80. The van der Waals surface area contributed by atoms with Crippen LogP contribution in [-0.4, -0.2) is 27.2 Å². The second kappa shape index (κ2) is 5.62. The predicted octanol–water partition coefficient (Wildman–Crippen LogP) is 3.68. The molecule has 0 radical (unpaired) electrons. The Morgan fingerprint density at radius 1 is 1.23 bits per heavy atom. The number of halogens is 1. The van der Waals surface area contributed by atoms with Crippen LogP contribution in [0.4, 0.5) is 10.2 Å². The zero-order chi connectivity index (χ0) is 15.7. The van der Waals surface area contributed by atoms with Gasteiger partial charge in [-0.05, 0) is 31.5 Å². The van der Waals surface area contributed by atoms with E-state index in [1.54, 1.807) is 12.1 Å². The van der Waals surface area contributed by atoms with E-state index >= 15 is 0 Å². The third-order valence-electron chi connectivity index (χ3n) is 3.38. The number of rotatable bonds is 4. The van der Waals surface area contributed by atoms with E-state index in [0.29, 0.717) is 5.82 Å². The highest BCUT2D eigenvalue weighted by Crippen LogP contribution is 2.37. The molecular weight excluding hydrogens is 301 g/mol. The summed E-state index contributed by atoms with van der Waals surface area (Å²) in [5, 5.41) is 15.6. The van der Waals surface area contributed by atoms with Gasteiger partial charge in [-0.3, -0.25) is 0 Å². The van der Waals surface area contributed by atoms with Gasteiger partial charge in [-0.15, -0.1) is 11.3 Å². The molecular formula is C16H16FN3OS. The van der Waals surface area contributed by atoms with Gasteiger partial charge in [0.2, 0.25) is 0 Å². The maximum Gasteiger partial charge on any atom is 0.139 e. The van der Waals surface area contributed by atoms with Crippen LogP contribution in [0.15, 0.2) is 36.0 Å². The minimum atomic E-state index is -0.497. The van der Waals surface area contributed by atoms with Crippen molar-refractivity contribution in [2.75, 3.05) is 11.9 Å². The number of nitrogens with zero attached hydrogens (tertiary/aromatic N) is 2. The summed E-state index contributed by atoms with van der Waals surface area (Å²) in [6.07, 6.45) is 1.50. The van der Waals surface area contributed by atoms with Crippen LogP contribution in [0, 0.1) is 5.82 Å². The summed E-state index contributed by atoms with van der Waals surface area (Å²) < 4.78 is 13.1. The van der Waals surface area contributed by atoms with Gasteiger partial charge >= 0.3 is 0 Å². The topological polar surface area (TPSA) is 58.0 Å². The van der Waals surface area contributed by atoms with Gasteiger partial charge < -0.3 is 10.4 Å². The lowest BCUT2D eigenvalue weighted by molar-refractivity contribution is 0.234. The second-order valence-electron chi connectivity index (χ2n) is 5.73. The lowest BCUT2D eigenvalue weighted by Gasteiger charge is -2.24. The Labute approximate surface area is 131 Å². The quantitative estimate of drug-likeness (QED) is 0.770. The molecule has 0 aliphatic heterocycles. The number of benzene rings is 1. The van der Waals surface area contributed by atoms with E-state index < -0.39 is 5.54 Å². The minimum Gasteiger partial charge on any atom is -0.394 e. The molecule has 4 nitrogen and oxygen atoms in total. The molecule has 0 fully saturated rings. The Balaban J connectivity index is 2.14. The van der Waals surface area contributed by atoms with E-state index in [1.165, 1.54) is 29.8 Å². The number of fused-ring (bicyclic) bond motifs is 1. The number of aromatic nitrogens is 2. The van der Waals surface area contributed by atoms with E-state index in [1.807, 2.05) is 19.2 Å². The molecule has 3 rings (SSSR count). The molecule has 2 heterocycles. The first kappa shape index (κ1) is 14.9. The number of nitrogens with one attached hydrogen (secondary N) is 1. The van der Waals surface area contributed by atoms with Crippen LogP contribution >= 0.6 is 11.3 Å². The van der Waals surface area contributed by atoms with Crippen molar-refractivity contribution < 1.29 is 9.50 Å². The van der Waals surface area contributed by atoms with Crippen molar-refractivity contribution in [1.29, 1.82) is 0 Å². The maximum atomic E-state index is 13.1. The first-order chi connectivity index (χ1) is 10.5. The zero-order valence-electron chi connectivity index (χ0n) is 12.3. The van der Waals surface area contributed by atoms with Crippen LogP contribution in [0.5, 0.6) is 0 Å². The average molecular weight is 317 g/mol. The molecule has 1 aromatic carbocycles. The van der Waals surface area contributed by atoms with Gasteiger partial charge in [0.1, 0.15) is 22.8 Å². The Hall–Kier alpha value is -2.05. The summed E-state index contributed by atoms with van der Waals surface area (Å²) in [6.45, 7) is 3.77. The molecule has 2 N–H and O–H groups in total. The van der Waals surface area contributed by atoms with Gasteiger partial charge in [0, 0.05) is 10.9 Å². The third-order valence-corrected chi connectivity index (χ3v) is 4.26. The SMILES string of the molecule is CC(C)(CO)Nc1ncnc2scc(-c3ccc(F)cc3)c12. The van der Waals surface area contributed by atoms with Crippen molar-refractivity contribution in [3.05, 3.63) is 41.8 Å². The number of thiophene rings is 1. The monoisotopic (exact) mass is 317 g/mol. The van der Waals surface area contributed by atoms with Crippen LogP contribution in [-0.2, 0) is 0 Å². The lowest BCUT2D eigenvalue weighted by Crippen LogP contribution is -2.35. The van der Waals surface area contributed by atoms with Gasteiger partial charge in [-0.1, -0.05) is 12.1 Å². The van der Waals surface area contributed by atoms with Gasteiger partial charge in [0.25, 0.3) is 0 Å². The molecule has 3 aromatic rings. The van der Waals surface area contributed by atoms with E-state index in [4.69, 9.17) is 0 Å². The fourth-order valence-electron chi connectivity index (χ4n) is 2.17. The Kier molecular flexibility index (Phi) is 3.80. The average Bonchev–Trinajstić information content (AvgIpc) is 2.93. The van der Waals surface area contributed by atoms with Gasteiger partial charge in [-0.2, -0.15) is 0 Å². The number of aliphatic hydroxyl groups is 1. The molecule has 114 valence electrons. The molecule has 0 atom stereocenters. The van der Waals surface area contributed by atoms with E-state index in [-0.39, 0.29) is 12.4 Å². The van der Waals surface area contributed by atoms with E-state index in [0.717, 1.165) is 21.3 Å². The molecule has 0 bridgehead atoms. The van der Waals surface area contributed by atoms with Crippen LogP contribution in [0.2, 0.25) is 0 Å². The molecule has 6 heteroatoms. The van der Waals surface area contributed by atoms with Crippen molar-refractivity contribution in [3.63, 3.8) is 0 Å².